The Morgan fingerprint density at radius 3 is 2.30 bits per heavy atom. The summed E-state index contributed by atoms with van der Waals surface area (Å²) in [6.45, 7) is 3.96. The minimum atomic E-state index is 0.555. The third kappa shape index (κ3) is 3.02. The van der Waals surface area contributed by atoms with Crippen LogP contribution in [0.25, 0.3) is 32.5 Å². The normalized spacial score (nSPS) is 13.6. The molecule has 5 rings (SSSR count). The van der Waals surface area contributed by atoms with Crippen LogP contribution >= 0.6 is 11.3 Å². The van der Waals surface area contributed by atoms with Crippen molar-refractivity contribution >= 4 is 17.4 Å². The summed E-state index contributed by atoms with van der Waals surface area (Å²) in [6.07, 6.45) is 1.18. The van der Waals surface area contributed by atoms with E-state index >= 15 is 0 Å². The fourth-order valence-corrected chi connectivity index (χ4v) is 4.09. The van der Waals surface area contributed by atoms with Crippen LogP contribution in [0, 0.1) is 6.92 Å². The SMILES string of the molecule is Cc1nc(-c2ccc(-c3ccccc3)cc2)sc1-c1nnc(N2CCC2)o1. The van der Waals surface area contributed by atoms with Crippen molar-refractivity contribution in [3.8, 4) is 32.5 Å². The maximum Gasteiger partial charge on any atom is 0.318 e. The number of hydrogen-bond donors (Lipinski definition) is 0. The number of aryl methyl sites for hydroxylation is 1. The fourth-order valence-electron chi connectivity index (χ4n) is 3.10. The zero-order valence-corrected chi connectivity index (χ0v) is 15.7. The molecule has 1 saturated heterocycles. The van der Waals surface area contributed by atoms with Crippen LogP contribution in [0.4, 0.5) is 6.01 Å². The molecular weight excluding hydrogens is 356 g/mol. The van der Waals surface area contributed by atoms with E-state index in [1.807, 2.05) is 13.0 Å². The molecule has 27 heavy (non-hydrogen) atoms. The largest absolute Gasteiger partial charge is 0.402 e. The quantitative estimate of drug-likeness (QED) is 0.500. The average Bonchev–Trinajstić information content (AvgIpc) is 3.28. The first-order valence-electron chi connectivity index (χ1n) is 9.00. The first-order valence-corrected chi connectivity index (χ1v) is 9.82. The maximum atomic E-state index is 5.85. The molecule has 0 saturated carbocycles. The Kier molecular flexibility index (Phi) is 3.98. The lowest BCUT2D eigenvalue weighted by Gasteiger charge is -2.28. The predicted molar refractivity (Wildman–Crippen MR) is 108 cm³/mol. The highest BCUT2D eigenvalue weighted by Gasteiger charge is 2.23. The van der Waals surface area contributed by atoms with Gasteiger partial charge in [0.05, 0.1) is 5.69 Å². The number of thiazole rings is 1. The molecule has 0 N–H and O–H groups in total. The van der Waals surface area contributed by atoms with Crippen LogP contribution in [0.3, 0.4) is 0 Å². The van der Waals surface area contributed by atoms with E-state index in [9.17, 15) is 0 Å². The molecule has 5 nitrogen and oxygen atoms in total. The van der Waals surface area contributed by atoms with Gasteiger partial charge in [0.1, 0.15) is 9.88 Å². The second kappa shape index (κ2) is 6.63. The van der Waals surface area contributed by atoms with Gasteiger partial charge in [-0.3, -0.25) is 0 Å². The van der Waals surface area contributed by atoms with Crippen molar-refractivity contribution in [2.45, 2.75) is 13.3 Å². The lowest BCUT2D eigenvalue weighted by Crippen LogP contribution is -2.37. The fraction of sp³-hybridized carbons (Fsp3) is 0.190. The van der Waals surface area contributed by atoms with Gasteiger partial charge in [0.2, 0.25) is 0 Å². The molecule has 134 valence electrons. The van der Waals surface area contributed by atoms with E-state index in [2.05, 4.69) is 63.6 Å². The first kappa shape index (κ1) is 16.2. The summed E-state index contributed by atoms with van der Waals surface area (Å²) in [5, 5.41) is 9.36. The highest BCUT2D eigenvalue weighted by molar-refractivity contribution is 7.18. The van der Waals surface area contributed by atoms with Gasteiger partial charge in [0.15, 0.2) is 0 Å². The van der Waals surface area contributed by atoms with Crippen molar-refractivity contribution < 1.29 is 4.42 Å². The number of hydrogen-bond acceptors (Lipinski definition) is 6. The van der Waals surface area contributed by atoms with Gasteiger partial charge in [-0.05, 0) is 24.5 Å². The maximum absolute atomic E-state index is 5.85. The molecule has 1 aliphatic rings. The molecule has 2 aromatic carbocycles. The van der Waals surface area contributed by atoms with E-state index in [1.165, 1.54) is 17.5 Å². The lowest BCUT2D eigenvalue weighted by atomic mass is 10.0. The number of benzene rings is 2. The summed E-state index contributed by atoms with van der Waals surface area (Å²) in [7, 11) is 0. The average molecular weight is 374 g/mol. The van der Waals surface area contributed by atoms with Crippen molar-refractivity contribution in [3.63, 3.8) is 0 Å². The van der Waals surface area contributed by atoms with Crippen LogP contribution in [0.2, 0.25) is 0 Å². The summed E-state index contributed by atoms with van der Waals surface area (Å²) in [6, 6.07) is 19.5. The van der Waals surface area contributed by atoms with Gasteiger partial charge in [-0.2, -0.15) is 0 Å². The highest BCUT2D eigenvalue weighted by Crippen LogP contribution is 2.36. The summed E-state index contributed by atoms with van der Waals surface area (Å²) >= 11 is 1.59. The smallest absolute Gasteiger partial charge is 0.318 e. The van der Waals surface area contributed by atoms with Gasteiger partial charge in [0, 0.05) is 18.7 Å². The van der Waals surface area contributed by atoms with Gasteiger partial charge < -0.3 is 9.32 Å². The van der Waals surface area contributed by atoms with Gasteiger partial charge in [0.25, 0.3) is 5.89 Å². The topological polar surface area (TPSA) is 55.1 Å². The molecule has 0 aliphatic carbocycles. The third-order valence-electron chi connectivity index (χ3n) is 4.77. The number of aromatic nitrogens is 3. The van der Waals surface area contributed by atoms with E-state index in [-0.39, 0.29) is 0 Å². The summed E-state index contributed by atoms with van der Waals surface area (Å²) < 4.78 is 5.85. The molecule has 1 aliphatic heterocycles. The zero-order valence-electron chi connectivity index (χ0n) is 14.9. The summed E-state index contributed by atoms with van der Waals surface area (Å²) in [5.74, 6) is 0.555. The van der Waals surface area contributed by atoms with E-state index in [0.29, 0.717) is 11.9 Å². The van der Waals surface area contributed by atoms with Gasteiger partial charge >= 0.3 is 6.01 Å². The van der Waals surface area contributed by atoms with Crippen LogP contribution in [0.15, 0.2) is 59.0 Å². The molecule has 2 aromatic heterocycles. The number of rotatable bonds is 4. The van der Waals surface area contributed by atoms with Crippen molar-refractivity contribution in [2.75, 3.05) is 18.0 Å². The van der Waals surface area contributed by atoms with E-state index in [0.717, 1.165) is 34.2 Å². The minimum Gasteiger partial charge on any atom is -0.402 e. The van der Waals surface area contributed by atoms with Crippen LogP contribution in [-0.2, 0) is 0 Å². The van der Waals surface area contributed by atoms with Crippen LogP contribution < -0.4 is 4.90 Å². The van der Waals surface area contributed by atoms with Crippen LogP contribution in [0.1, 0.15) is 12.1 Å². The zero-order chi connectivity index (χ0) is 18.2. The minimum absolute atomic E-state index is 0.555. The third-order valence-corrected chi connectivity index (χ3v) is 5.97. The molecule has 0 unspecified atom stereocenters. The molecule has 0 bridgehead atoms. The monoisotopic (exact) mass is 374 g/mol. The molecule has 6 heteroatoms. The van der Waals surface area contributed by atoms with Crippen molar-refractivity contribution in [1.82, 2.24) is 15.2 Å². The van der Waals surface area contributed by atoms with Crippen LogP contribution in [-0.4, -0.2) is 28.3 Å². The van der Waals surface area contributed by atoms with Gasteiger partial charge in [-0.25, -0.2) is 4.98 Å². The van der Waals surface area contributed by atoms with E-state index < -0.39 is 0 Å². The Hall–Kier alpha value is -2.99. The van der Waals surface area contributed by atoms with Crippen molar-refractivity contribution in [2.24, 2.45) is 0 Å². The Morgan fingerprint density at radius 1 is 0.889 bits per heavy atom. The highest BCUT2D eigenvalue weighted by atomic mass is 32.1. The van der Waals surface area contributed by atoms with Crippen molar-refractivity contribution in [3.05, 3.63) is 60.3 Å². The number of anilines is 1. The number of nitrogens with zero attached hydrogens (tertiary/aromatic N) is 4. The molecule has 0 amide bonds. The Morgan fingerprint density at radius 2 is 1.59 bits per heavy atom. The van der Waals surface area contributed by atoms with E-state index in [1.54, 1.807) is 11.3 Å². The van der Waals surface area contributed by atoms with E-state index in [4.69, 9.17) is 9.40 Å². The standard InChI is InChI=1S/C21H18N4OS/c1-14-18(19-23-24-21(26-19)25-12-5-13-25)27-20(22-14)17-10-8-16(9-11-17)15-6-3-2-4-7-15/h2-4,6-11H,5,12-13H2,1H3. The second-order valence-electron chi connectivity index (χ2n) is 6.61. The molecular formula is C21H18N4OS. The van der Waals surface area contributed by atoms with Gasteiger partial charge in [-0.1, -0.05) is 59.7 Å². The Bertz CT molecular complexity index is 1070. The molecule has 1 fully saturated rings. The van der Waals surface area contributed by atoms with Crippen LogP contribution in [0.5, 0.6) is 0 Å². The molecule has 0 atom stereocenters. The summed E-state index contributed by atoms with van der Waals surface area (Å²) in [5.41, 5.74) is 4.42. The molecule has 3 heterocycles. The Balaban J connectivity index is 1.43. The summed E-state index contributed by atoms with van der Waals surface area (Å²) in [4.78, 5) is 7.76. The Labute approximate surface area is 161 Å². The predicted octanol–water partition coefficient (Wildman–Crippen LogP) is 5.05. The second-order valence-corrected chi connectivity index (χ2v) is 7.61. The molecule has 4 aromatic rings. The molecule has 0 radical (unpaired) electrons. The lowest BCUT2D eigenvalue weighted by molar-refractivity contribution is 0.497. The first-order chi connectivity index (χ1) is 13.3. The molecule has 0 spiro atoms. The van der Waals surface area contributed by atoms with Crippen molar-refractivity contribution in [1.29, 1.82) is 0 Å². The van der Waals surface area contributed by atoms with Gasteiger partial charge in [-0.15, -0.1) is 16.4 Å².